The van der Waals surface area contributed by atoms with Gasteiger partial charge in [0.25, 0.3) is 5.91 Å². The molecule has 1 atom stereocenters. The summed E-state index contributed by atoms with van der Waals surface area (Å²) in [6.45, 7) is 5.80. The van der Waals surface area contributed by atoms with Crippen molar-refractivity contribution in [1.82, 2.24) is 25.6 Å². The van der Waals surface area contributed by atoms with Gasteiger partial charge in [0.2, 0.25) is 11.7 Å². The molecule has 2 fully saturated rings. The van der Waals surface area contributed by atoms with E-state index in [1.165, 1.54) is 4.90 Å². The van der Waals surface area contributed by atoms with Crippen molar-refractivity contribution in [2.75, 3.05) is 42.6 Å². The van der Waals surface area contributed by atoms with Gasteiger partial charge in [-0.15, -0.1) is 22.6 Å². The first-order chi connectivity index (χ1) is 22.4. The summed E-state index contributed by atoms with van der Waals surface area (Å²) in [4.78, 5) is 36.1. The molecule has 0 bridgehead atoms. The number of aryl methyl sites for hydroxylation is 1. The molecule has 1 saturated heterocycles. The average molecular weight is 660 g/mol. The lowest BCUT2D eigenvalue weighted by atomic mass is 9.81. The second-order valence-corrected chi connectivity index (χ2v) is 12.2. The Bertz CT molecular complexity index is 1620. The molecule has 6 rings (SSSR count). The van der Waals surface area contributed by atoms with Crippen LogP contribution in [0.3, 0.4) is 0 Å². The number of nitrogens with one attached hydrogen (secondary N) is 1. The van der Waals surface area contributed by atoms with Gasteiger partial charge in [0.15, 0.2) is 0 Å². The highest BCUT2D eigenvalue weighted by molar-refractivity contribution is 6.17. The second kappa shape index (κ2) is 15.6. The van der Waals surface area contributed by atoms with E-state index in [0.717, 1.165) is 54.0 Å². The van der Waals surface area contributed by atoms with Crippen molar-refractivity contribution in [1.29, 1.82) is 0 Å². The summed E-state index contributed by atoms with van der Waals surface area (Å²) in [7, 11) is 0. The molecule has 2 aliphatic rings. The maximum atomic E-state index is 14.0. The number of benzene rings is 2. The van der Waals surface area contributed by atoms with Crippen molar-refractivity contribution in [2.45, 2.75) is 45.1 Å². The van der Waals surface area contributed by atoms with Gasteiger partial charge in [-0.2, -0.15) is 5.21 Å². The number of carbonyl (C=O) groups excluding carboxylic acids is 2. The molecule has 0 unspecified atom stereocenters. The molecule has 1 aliphatic carbocycles. The van der Waals surface area contributed by atoms with Gasteiger partial charge in [0.05, 0.1) is 24.9 Å². The van der Waals surface area contributed by atoms with Crippen molar-refractivity contribution in [3.63, 3.8) is 0 Å². The number of halogens is 1. The van der Waals surface area contributed by atoms with Crippen LogP contribution in [-0.2, 0) is 20.7 Å². The van der Waals surface area contributed by atoms with Crippen molar-refractivity contribution < 1.29 is 14.3 Å². The van der Waals surface area contributed by atoms with E-state index in [9.17, 15) is 9.59 Å². The van der Waals surface area contributed by atoms with Crippen LogP contribution >= 0.6 is 12.4 Å². The fourth-order valence-corrected chi connectivity index (χ4v) is 6.37. The van der Waals surface area contributed by atoms with Gasteiger partial charge >= 0.3 is 0 Å². The number of tetrazole rings is 1. The number of aromatic nitrogens is 5. The van der Waals surface area contributed by atoms with Crippen LogP contribution in [-0.4, -0.2) is 76.3 Å². The summed E-state index contributed by atoms with van der Waals surface area (Å²) in [5.41, 5.74) is 17.7. The standard InChI is InChI=1S/C34H41N9O3.ClH/c1-22-18-31(42-14-16-46-17-15-42)37-21-29(22)25-6-2-23(3-7-25)19-30(36)34(45)43(33(44)27-8-4-24(20-35)5-9-27)28-12-10-26(11-13-28)32-38-40-41-39-32;/h2-3,6-7,10-13,18,21,24,27,30H,4-5,8-9,14-17,19-20,35-36H2,1H3,(H,38,39,40,41);1H/t24?,27?,30-;/m0./s1. The molecule has 2 amide bonds. The molecule has 3 heterocycles. The van der Waals surface area contributed by atoms with Gasteiger partial charge in [-0.25, -0.2) is 9.88 Å². The molecular weight excluding hydrogens is 618 g/mol. The van der Waals surface area contributed by atoms with Crippen molar-refractivity contribution in [2.24, 2.45) is 23.3 Å². The minimum Gasteiger partial charge on any atom is -0.378 e. The Hall–Kier alpha value is -4.23. The lowest BCUT2D eigenvalue weighted by Gasteiger charge is -2.32. The number of H-pyrrole nitrogens is 1. The smallest absolute Gasteiger partial charge is 0.251 e. The number of carbonyl (C=O) groups is 2. The summed E-state index contributed by atoms with van der Waals surface area (Å²) in [5.74, 6) is 0.886. The highest BCUT2D eigenvalue weighted by Gasteiger charge is 2.35. The lowest BCUT2D eigenvalue weighted by molar-refractivity contribution is -0.130. The minimum atomic E-state index is -0.914. The Balaban J connectivity index is 0.00000433. The molecule has 1 saturated carbocycles. The summed E-state index contributed by atoms with van der Waals surface area (Å²) in [6.07, 6.45) is 5.34. The van der Waals surface area contributed by atoms with E-state index < -0.39 is 11.9 Å². The second-order valence-electron chi connectivity index (χ2n) is 12.2. The monoisotopic (exact) mass is 659 g/mol. The zero-order valence-corrected chi connectivity index (χ0v) is 27.4. The van der Waals surface area contributed by atoms with E-state index >= 15 is 0 Å². The molecule has 13 heteroatoms. The number of morpholine rings is 1. The van der Waals surface area contributed by atoms with Crippen LogP contribution < -0.4 is 21.3 Å². The van der Waals surface area contributed by atoms with Crippen LogP contribution in [0.15, 0.2) is 60.8 Å². The van der Waals surface area contributed by atoms with Gasteiger partial charge in [-0.3, -0.25) is 9.59 Å². The summed E-state index contributed by atoms with van der Waals surface area (Å²) < 4.78 is 5.47. The molecular formula is C34H42ClN9O3. The Labute approximate surface area is 280 Å². The van der Waals surface area contributed by atoms with Gasteiger partial charge in [0.1, 0.15) is 5.82 Å². The van der Waals surface area contributed by atoms with Gasteiger partial charge in [0, 0.05) is 36.3 Å². The molecule has 2 aromatic carbocycles. The predicted octanol–water partition coefficient (Wildman–Crippen LogP) is 3.69. The van der Waals surface area contributed by atoms with E-state index in [2.05, 4.69) is 38.5 Å². The highest BCUT2D eigenvalue weighted by atomic mass is 35.5. The lowest BCUT2D eigenvalue weighted by Crippen LogP contribution is -2.50. The van der Waals surface area contributed by atoms with Crippen molar-refractivity contribution in [3.05, 3.63) is 71.9 Å². The number of hydrogen-bond acceptors (Lipinski definition) is 10. The number of nitrogens with two attached hydrogens (primary N) is 2. The van der Waals surface area contributed by atoms with E-state index in [1.807, 2.05) is 30.5 Å². The molecule has 0 radical (unpaired) electrons. The topological polar surface area (TPSA) is 169 Å². The third-order valence-electron chi connectivity index (χ3n) is 9.17. The maximum Gasteiger partial charge on any atom is 0.251 e. The van der Waals surface area contributed by atoms with Crippen LogP contribution in [0.5, 0.6) is 0 Å². The Kier molecular flexibility index (Phi) is 11.3. The number of anilines is 2. The van der Waals surface area contributed by atoms with Gasteiger partial charge < -0.3 is 21.1 Å². The van der Waals surface area contributed by atoms with Crippen LogP contribution in [0.1, 0.15) is 36.8 Å². The van der Waals surface area contributed by atoms with Gasteiger partial charge in [-0.1, -0.05) is 24.3 Å². The van der Waals surface area contributed by atoms with Crippen LogP contribution in [0.4, 0.5) is 11.5 Å². The maximum absolute atomic E-state index is 14.0. The van der Waals surface area contributed by atoms with E-state index in [-0.39, 0.29) is 30.7 Å². The van der Waals surface area contributed by atoms with Crippen molar-refractivity contribution in [3.8, 4) is 22.5 Å². The van der Waals surface area contributed by atoms with E-state index in [1.54, 1.807) is 24.3 Å². The molecule has 0 spiro atoms. The first-order valence-corrected chi connectivity index (χ1v) is 16.0. The molecule has 4 aromatic rings. The van der Waals surface area contributed by atoms with Crippen LogP contribution in [0.25, 0.3) is 22.5 Å². The van der Waals surface area contributed by atoms with E-state index in [0.29, 0.717) is 55.6 Å². The van der Waals surface area contributed by atoms with E-state index in [4.69, 9.17) is 21.2 Å². The first kappa shape index (κ1) is 34.1. The highest BCUT2D eigenvalue weighted by Crippen LogP contribution is 2.32. The summed E-state index contributed by atoms with van der Waals surface area (Å²) in [6, 6.07) is 16.2. The average Bonchev–Trinajstić information content (AvgIpc) is 3.65. The summed E-state index contributed by atoms with van der Waals surface area (Å²) in [5, 5.41) is 14.1. The minimum absolute atomic E-state index is 0. The number of amides is 2. The zero-order chi connectivity index (χ0) is 32.0. The normalized spacial score (nSPS) is 18.7. The molecule has 5 N–H and O–H groups in total. The fourth-order valence-electron chi connectivity index (χ4n) is 6.37. The number of ether oxygens (including phenoxy) is 1. The molecule has 47 heavy (non-hydrogen) atoms. The zero-order valence-electron chi connectivity index (χ0n) is 26.5. The van der Waals surface area contributed by atoms with Crippen LogP contribution in [0.2, 0.25) is 0 Å². The SMILES string of the molecule is Cc1cc(N2CCOCC2)ncc1-c1ccc(C[C@H](N)C(=O)N(C(=O)C2CCC(CN)CC2)c2ccc(-c3nn[nH]n3)cc2)cc1.Cl. The Morgan fingerprint density at radius 3 is 2.32 bits per heavy atom. The largest absolute Gasteiger partial charge is 0.378 e. The number of imide groups is 1. The third kappa shape index (κ3) is 7.84. The summed E-state index contributed by atoms with van der Waals surface area (Å²) >= 11 is 0. The number of pyridine rings is 1. The first-order valence-electron chi connectivity index (χ1n) is 16.0. The molecule has 248 valence electrons. The van der Waals surface area contributed by atoms with Gasteiger partial charge in [-0.05, 0) is 104 Å². The Morgan fingerprint density at radius 1 is 1.02 bits per heavy atom. The number of aromatic amines is 1. The van der Waals surface area contributed by atoms with Crippen molar-refractivity contribution >= 4 is 35.7 Å². The number of nitrogens with zero attached hydrogens (tertiary/aromatic N) is 6. The molecule has 1 aliphatic heterocycles. The fraction of sp³-hybridized carbons (Fsp3) is 0.412. The molecule has 2 aromatic heterocycles. The number of hydrogen-bond donors (Lipinski definition) is 3. The predicted molar refractivity (Wildman–Crippen MR) is 183 cm³/mol. The third-order valence-corrected chi connectivity index (χ3v) is 9.17. The number of rotatable bonds is 9. The molecule has 12 nitrogen and oxygen atoms in total. The van der Waals surface area contributed by atoms with Crippen LogP contribution in [0, 0.1) is 18.8 Å². The quantitative estimate of drug-likeness (QED) is 0.241. The Morgan fingerprint density at radius 2 is 1.70 bits per heavy atom.